The Bertz CT molecular complexity index is 299. The molecule has 3 rings (SSSR count). The predicted molar refractivity (Wildman–Crippen MR) is 41.0 cm³/mol. The fourth-order valence-electron chi connectivity index (χ4n) is 2.80. The summed E-state index contributed by atoms with van der Waals surface area (Å²) in [6, 6.07) is 0. The number of carbonyl (C=O) groups is 2. The third-order valence-electron chi connectivity index (χ3n) is 3.26. The summed E-state index contributed by atoms with van der Waals surface area (Å²) in [6.07, 6.45) is 3.25. The monoisotopic (exact) mass is 163 g/mol. The molecule has 1 heterocycles. The molecular weight excluding hydrogens is 154 g/mol. The molecule has 1 saturated carbocycles. The van der Waals surface area contributed by atoms with Gasteiger partial charge in [-0.2, -0.15) is 0 Å². The van der Waals surface area contributed by atoms with Gasteiger partial charge >= 0.3 is 0 Å². The van der Waals surface area contributed by atoms with Crippen molar-refractivity contribution in [1.29, 1.82) is 0 Å². The molecule has 12 heavy (non-hydrogen) atoms. The van der Waals surface area contributed by atoms with Crippen molar-refractivity contribution in [2.75, 3.05) is 0 Å². The topological polar surface area (TPSA) is 46.2 Å². The number of carbonyl (C=O) groups excluding carboxylic acids is 2. The highest BCUT2D eigenvalue weighted by Crippen LogP contribution is 2.50. The second-order valence-electron chi connectivity index (χ2n) is 3.82. The van der Waals surface area contributed by atoms with Crippen LogP contribution in [0.2, 0.25) is 0 Å². The van der Waals surface area contributed by atoms with Gasteiger partial charge in [0.15, 0.2) is 0 Å². The zero-order valence-electron chi connectivity index (χ0n) is 6.59. The highest BCUT2D eigenvalue weighted by Gasteiger charge is 2.48. The maximum atomic E-state index is 11.3. The van der Waals surface area contributed by atoms with Crippen LogP contribution in [-0.2, 0) is 9.59 Å². The lowest BCUT2D eigenvalue weighted by atomic mass is 9.93. The number of fused-ring (bicyclic) bond motifs is 4. The summed E-state index contributed by atoms with van der Waals surface area (Å²) in [4.78, 5) is 22.5. The van der Waals surface area contributed by atoms with Gasteiger partial charge in [-0.1, -0.05) is 0 Å². The fourth-order valence-corrected chi connectivity index (χ4v) is 2.80. The summed E-state index contributed by atoms with van der Waals surface area (Å²) in [5, 5.41) is 2.37. The molecule has 2 bridgehead atoms. The van der Waals surface area contributed by atoms with Crippen molar-refractivity contribution < 1.29 is 9.59 Å². The van der Waals surface area contributed by atoms with Crippen molar-refractivity contribution >= 4 is 11.8 Å². The molecule has 2 amide bonds. The van der Waals surface area contributed by atoms with Crippen LogP contribution in [0.1, 0.15) is 19.3 Å². The summed E-state index contributed by atoms with van der Waals surface area (Å²) in [5.41, 5.74) is 1.63. The minimum absolute atomic E-state index is 0.123. The van der Waals surface area contributed by atoms with Crippen LogP contribution in [0.25, 0.3) is 0 Å². The molecule has 2 aliphatic carbocycles. The Morgan fingerprint density at radius 1 is 1.00 bits per heavy atom. The van der Waals surface area contributed by atoms with E-state index in [1.807, 2.05) is 0 Å². The third kappa shape index (κ3) is 0.543. The SMILES string of the molecule is O=C1NC(=O)C2=C1C1CCC2C1. The van der Waals surface area contributed by atoms with Gasteiger partial charge in [0.1, 0.15) is 0 Å². The van der Waals surface area contributed by atoms with E-state index >= 15 is 0 Å². The van der Waals surface area contributed by atoms with E-state index < -0.39 is 0 Å². The smallest absolute Gasteiger partial charge is 0.254 e. The number of rotatable bonds is 0. The van der Waals surface area contributed by atoms with Crippen molar-refractivity contribution in [3.05, 3.63) is 11.1 Å². The molecule has 0 saturated heterocycles. The van der Waals surface area contributed by atoms with E-state index in [0.29, 0.717) is 11.8 Å². The molecule has 1 aliphatic heterocycles. The second-order valence-corrected chi connectivity index (χ2v) is 3.82. The first-order chi connectivity index (χ1) is 5.77. The number of amides is 2. The highest BCUT2D eigenvalue weighted by atomic mass is 16.2. The van der Waals surface area contributed by atoms with E-state index in [-0.39, 0.29) is 11.8 Å². The second kappa shape index (κ2) is 1.79. The van der Waals surface area contributed by atoms with Crippen molar-refractivity contribution in [2.45, 2.75) is 19.3 Å². The molecule has 62 valence electrons. The molecule has 3 heteroatoms. The zero-order chi connectivity index (χ0) is 8.29. The quantitative estimate of drug-likeness (QED) is 0.524. The standard InChI is InChI=1S/C9H9NO2/c11-8-6-4-1-2-5(3-4)7(6)9(12)10-8/h4-5H,1-3H2,(H,10,11,12). The maximum Gasteiger partial charge on any atom is 0.254 e. The average molecular weight is 163 g/mol. The Kier molecular flexibility index (Phi) is 0.953. The molecule has 0 spiro atoms. The van der Waals surface area contributed by atoms with Crippen LogP contribution in [0, 0.1) is 11.8 Å². The van der Waals surface area contributed by atoms with Crippen molar-refractivity contribution in [2.24, 2.45) is 11.8 Å². The Morgan fingerprint density at radius 2 is 1.50 bits per heavy atom. The van der Waals surface area contributed by atoms with Gasteiger partial charge in [0, 0.05) is 11.1 Å². The molecule has 0 aromatic rings. The van der Waals surface area contributed by atoms with Gasteiger partial charge in [-0.15, -0.1) is 0 Å². The third-order valence-corrected chi connectivity index (χ3v) is 3.26. The van der Waals surface area contributed by atoms with Crippen LogP contribution < -0.4 is 5.32 Å². The Morgan fingerprint density at radius 3 is 2.00 bits per heavy atom. The van der Waals surface area contributed by atoms with Crippen LogP contribution in [0.4, 0.5) is 0 Å². The van der Waals surface area contributed by atoms with Crippen LogP contribution in [0.5, 0.6) is 0 Å². The van der Waals surface area contributed by atoms with Crippen LogP contribution in [0.3, 0.4) is 0 Å². The fraction of sp³-hybridized carbons (Fsp3) is 0.556. The van der Waals surface area contributed by atoms with Gasteiger partial charge < -0.3 is 0 Å². The molecule has 2 atom stereocenters. The molecule has 3 nitrogen and oxygen atoms in total. The lowest BCUT2D eigenvalue weighted by Crippen LogP contribution is -2.26. The van der Waals surface area contributed by atoms with Crippen molar-refractivity contribution in [3.8, 4) is 0 Å². The summed E-state index contributed by atoms with van der Waals surface area (Å²) in [6.45, 7) is 0. The van der Waals surface area contributed by atoms with Gasteiger partial charge in [-0.25, -0.2) is 0 Å². The zero-order valence-corrected chi connectivity index (χ0v) is 6.59. The molecule has 1 fully saturated rings. The van der Waals surface area contributed by atoms with Gasteiger partial charge in [0.2, 0.25) is 0 Å². The lowest BCUT2D eigenvalue weighted by Gasteiger charge is -2.08. The van der Waals surface area contributed by atoms with Crippen LogP contribution >= 0.6 is 0 Å². The summed E-state index contributed by atoms with van der Waals surface area (Å²) in [5.74, 6) is 0.553. The minimum atomic E-state index is -0.123. The van der Waals surface area contributed by atoms with Crippen molar-refractivity contribution in [3.63, 3.8) is 0 Å². The summed E-state index contributed by atoms with van der Waals surface area (Å²) in [7, 11) is 0. The van der Waals surface area contributed by atoms with Crippen LogP contribution in [-0.4, -0.2) is 11.8 Å². The first-order valence-electron chi connectivity index (χ1n) is 4.37. The highest BCUT2D eigenvalue weighted by molar-refractivity contribution is 6.20. The Labute approximate surface area is 69.8 Å². The molecule has 3 aliphatic rings. The predicted octanol–water partition coefficient (Wildman–Crippen LogP) is 0.369. The normalized spacial score (nSPS) is 37.7. The number of hydrogen-bond acceptors (Lipinski definition) is 2. The summed E-state index contributed by atoms with van der Waals surface area (Å²) < 4.78 is 0. The van der Waals surface area contributed by atoms with Crippen LogP contribution in [0.15, 0.2) is 11.1 Å². The molecule has 0 radical (unpaired) electrons. The van der Waals surface area contributed by atoms with Gasteiger partial charge in [-0.05, 0) is 31.1 Å². The first kappa shape index (κ1) is 6.40. The van der Waals surface area contributed by atoms with E-state index in [1.54, 1.807) is 0 Å². The van der Waals surface area contributed by atoms with Gasteiger partial charge in [-0.3, -0.25) is 14.9 Å². The van der Waals surface area contributed by atoms with E-state index in [2.05, 4.69) is 5.32 Å². The number of imide groups is 1. The largest absolute Gasteiger partial charge is 0.289 e. The Hall–Kier alpha value is -1.12. The van der Waals surface area contributed by atoms with Crippen molar-refractivity contribution in [1.82, 2.24) is 5.32 Å². The van der Waals surface area contributed by atoms with Gasteiger partial charge in [0.25, 0.3) is 11.8 Å². The van der Waals surface area contributed by atoms with E-state index in [0.717, 1.165) is 30.4 Å². The molecule has 0 aromatic heterocycles. The number of nitrogens with one attached hydrogen (secondary N) is 1. The molecule has 1 N–H and O–H groups in total. The van der Waals surface area contributed by atoms with E-state index in [9.17, 15) is 9.59 Å². The van der Waals surface area contributed by atoms with Gasteiger partial charge in [0.05, 0.1) is 0 Å². The number of hydrogen-bond donors (Lipinski definition) is 1. The molecular formula is C9H9NO2. The van der Waals surface area contributed by atoms with E-state index in [1.165, 1.54) is 0 Å². The lowest BCUT2D eigenvalue weighted by molar-refractivity contribution is -0.124. The molecule has 2 unspecified atom stereocenters. The first-order valence-corrected chi connectivity index (χ1v) is 4.37. The molecule has 0 aromatic carbocycles. The van der Waals surface area contributed by atoms with E-state index in [4.69, 9.17) is 0 Å². The average Bonchev–Trinajstić information content (AvgIpc) is 2.64. The maximum absolute atomic E-state index is 11.3. The Balaban J connectivity index is 2.18. The minimum Gasteiger partial charge on any atom is -0.289 e. The summed E-state index contributed by atoms with van der Waals surface area (Å²) >= 11 is 0.